The lowest BCUT2D eigenvalue weighted by Gasteiger charge is -2.18. The number of fused-ring (bicyclic) bond motifs is 6. The first kappa shape index (κ1) is 24.2. The van der Waals surface area contributed by atoms with Crippen LogP contribution in [-0.4, -0.2) is 0 Å². The summed E-state index contributed by atoms with van der Waals surface area (Å²) in [6.07, 6.45) is 1.01. The predicted molar refractivity (Wildman–Crippen MR) is 184 cm³/mol. The second kappa shape index (κ2) is 9.54. The van der Waals surface area contributed by atoms with Crippen LogP contribution in [0.3, 0.4) is 0 Å². The first-order valence-electron chi connectivity index (χ1n) is 15.1. The van der Waals surface area contributed by atoms with Gasteiger partial charge in [0, 0.05) is 0 Å². The van der Waals surface area contributed by atoms with Gasteiger partial charge in [0.05, 0.1) is 0 Å². The highest BCUT2D eigenvalue weighted by molar-refractivity contribution is 6.21. The summed E-state index contributed by atoms with van der Waals surface area (Å²) < 4.78 is 0. The zero-order valence-electron chi connectivity index (χ0n) is 23.7. The Bertz CT molecular complexity index is 2290. The third-order valence-electron chi connectivity index (χ3n) is 9.29. The smallest absolute Gasteiger partial charge is 0.00134 e. The fourth-order valence-corrected chi connectivity index (χ4v) is 7.32. The molecule has 0 saturated heterocycles. The van der Waals surface area contributed by atoms with Crippen LogP contribution in [-0.2, 0) is 6.42 Å². The first-order chi connectivity index (χ1) is 21.3. The van der Waals surface area contributed by atoms with Crippen molar-refractivity contribution in [2.75, 3.05) is 0 Å². The number of rotatable bonds is 3. The molecule has 0 amide bonds. The van der Waals surface area contributed by atoms with Gasteiger partial charge in [-0.1, -0.05) is 152 Å². The molecule has 200 valence electrons. The van der Waals surface area contributed by atoms with Gasteiger partial charge in [0.1, 0.15) is 0 Å². The van der Waals surface area contributed by atoms with Crippen molar-refractivity contribution in [3.63, 3.8) is 0 Å². The van der Waals surface area contributed by atoms with Crippen LogP contribution < -0.4 is 0 Å². The Balaban J connectivity index is 1.25. The van der Waals surface area contributed by atoms with Crippen molar-refractivity contribution in [3.8, 4) is 44.5 Å². The molecule has 0 aromatic heterocycles. The molecular formula is C43H28. The van der Waals surface area contributed by atoms with Crippen LogP contribution in [0.1, 0.15) is 11.1 Å². The van der Waals surface area contributed by atoms with E-state index in [-0.39, 0.29) is 0 Å². The molecule has 0 spiro atoms. The Kier molecular flexibility index (Phi) is 5.36. The average Bonchev–Trinajstić information content (AvgIpc) is 3.45. The van der Waals surface area contributed by atoms with Crippen LogP contribution in [0.25, 0.3) is 76.8 Å². The molecule has 0 heteroatoms. The lowest BCUT2D eigenvalue weighted by Crippen LogP contribution is -1.91. The second-order valence-electron chi connectivity index (χ2n) is 11.7. The van der Waals surface area contributed by atoms with Gasteiger partial charge in [0.15, 0.2) is 0 Å². The highest BCUT2D eigenvalue weighted by Gasteiger charge is 2.21. The fraction of sp³-hybridized carbons (Fsp3) is 0.0233. The maximum atomic E-state index is 2.42. The van der Waals surface area contributed by atoms with Gasteiger partial charge in [-0.05, 0) is 100 Å². The molecule has 1 aliphatic rings. The van der Waals surface area contributed by atoms with Gasteiger partial charge in [-0.3, -0.25) is 0 Å². The molecule has 0 aliphatic heterocycles. The van der Waals surface area contributed by atoms with E-state index >= 15 is 0 Å². The number of benzene rings is 8. The van der Waals surface area contributed by atoms with E-state index < -0.39 is 0 Å². The maximum absolute atomic E-state index is 2.42. The van der Waals surface area contributed by atoms with E-state index in [0.29, 0.717) is 0 Å². The van der Waals surface area contributed by atoms with Gasteiger partial charge in [0.2, 0.25) is 0 Å². The van der Waals surface area contributed by atoms with Crippen molar-refractivity contribution in [1.29, 1.82) is 0 Å². The molecule has 8 aromatic rings. The van der Waals surface area contributed by atoms with E-state index in [1.165, 1.54) is 88.0 Å². The molecule has 0 saturated carbocycles. The Morgan fingerprint density at radius 1 is 0.302 bits per heavy atom. The van der Waals surface area contributed by atoms with Crippen LogP contribution in [0, 0.1) is 0 Å². The van der Waals surface area contributed by atoms with E-state index in [1.807, 2.05) is 0 Å². The molecule has 0 N–H and O–H groups in total. The maximum Gasteiger partial charge on any atom is -0.00134 e. The molecule has 43 heavy (non-hydrogen) atoms. The minimum Gasteiger partial charge on any atom is -0.0619 e. The SMILES string of the molecule is c1ccc2c(c1)Cc1ccc(-c3c4ccccc4c(-c4ccc(-c5cccc6ccccc56)cc4)c4ccccc34)cc1-2. The summed E-state index contributed by atoms with van der Waals surface area (Å²) in [6, 6.07) is 58.2. The zero-order valence-corrected chi connectivity index (χ0v) is 23.7. The minimum absolute atomic E-state index is 1.01. The van der Waals surface area contributed by atoms with Crippen molar-refractivity contribution < 1.29 is 0 Å². The topological polar surface area (TPSA) is 0 Å². The monoisotopic (exact) mass is 544 g/mol. The summed E-state index contributed by atoms with van der Waals surface area (Å²) in [5.41, 5.74) is 13.2. The summed E-state index contributed by atoms with van der Waals surface area (Å²) in [5, 5.41) is 7.72. The van der Waals surface area contributed by atoms with Gasteiger partial charge in [-0.15, -0.1) is 0 Å². The van der Waals surface area contributed by atoms with Crippen molar-refractivity contribution in [2.45, 2.75) is 6.42 Å². The van der Waals surface area contributed by atoms with Crippen LogP contribution in [0.5, 0.6) is 0 Å². The Hall–Kier alpha value is -5.46. The molecule has 0 radical (unpaired) electrons. The van der Waals surface area contributed by atoms with Crippen LogP contribution >= 0.6 is 0 Å². The first-order valence-corrected chi connectivity index (χ1v) is 15.1. The largest absolute Gasteiger partial charge is 0.0619 e. The van der Waals surface area contributed by atoms with Crippen LogP contribution in [0.15, 0.2) is 158 Å². The van der Waals surface area contributed by atoms with Crippen molar-refractivity contribution in [2.24, 2.45) is 0 Å². The average molecular weight is 545 g/mol. The summed E-state index contributed by atoms with van der Waals surface area (Å²) >= 11 is 0. The van der Waals surface area contributed by atoms with Gasteiger partial charge in [-0.2, -0.15) is 0 Å². The van der Waals surface area contributed by atoms with E-state index in [0.717, 1.165) is 6.42 Å². The van der Waals surface area contributed by atoms with E-state index in [9.17, 15) is 0 Å². The quantitative estimate of drug-likeness (QED) is 0.194. The van der Waals surface area contributed by atoms with Crippen molar-refractivity contribution >= 4 is 32.3 Å². The third kappa shape index (κ3) is 3.77. The van der Waals surface area contributed by atoms with Crippen LogP contribution in [0.2, 0.25) is 0 Å². The summed E-state index contributed by atoms with van der Waals surface area (Å²) in [4.78, 5) is 0. The minimum atomic E-state index is 1.01. The van der Waals surface area contributed by atoms with Gasteiger partial charge in [-0.25, -0.2) is 0 Å². The standard InChI is InChI=1S/C43H28/c1-3-13-34-28(10-1)12-9-19-35(34)29-20-22-30(23-21-29)42-37-15-5-7-17-39(37)43(40-18-8-6-16-38(40)42)33-25-24-32-26-31-11-2-4-14-36(31)41(32)27-33/h1-25,27H,26H2. The fourth-order valence-electron chi connectivity index (χ4n) is 7.32. The van der Waals surface area contributed by atoms with Crippen molar-refractivity contribution in [3.05, 3.63) is 169 Å². The zero-order chi connectivity index (χ0) is 28.3. The van der Waals surface area contributed by atoms with Gasteiger partial charge in [0.25, 0.3) is 0 Å². The Morgan fingerprint density at radius 2 is 0.791 bits per heavy atom. The second-order valence-corrected chi connectivity index (χ2v) is 11.7. The molecule has 8 aromatic carbocycles. The highest BCUT2D eigenvalue weighted by atomic mass is 14.2. The van der Waals surface area contributed by atoms with E-state index in [4.69, 9.17) is 0 Å². The lowest BCUT2D eigenvalue weighted by atomic mass is 9.85. The molecule has 1 aliphatic carbocycles. The lowest BCUT2D eigenvalue weighted by molar-refractivity contribution is 1.26. The van der Waals surface area contributed by atoms with Crippen molar-refractivity contribution in [1.82, 2.24) is 0 Å². The Morgan fingerprint density at radius 3 is 1.51 bits per heavy atom. The molecule has 9 rings (SSSR count). The van der Waals surface area contributed by atoms with E-state index in [1.54, 1.807) is 0 Å². The van der Waals surface area contributed by atoms with Gasteiger partial charge >= 0.3 is 0 Å². The molecule has 0 fully saturated rings. The summed E-state index contributed by atoms with van der Waals surface area (Å²) in [5.74, 6) is 0. The Labute approximate surface area is 251 Å². The van der Waals surface area contributed by atoms with E-state index in [2.05, 4.69) is 158 Å². The number of hydrogen-bond donors (Lipinski definition) is 0. The third-order valence-corrected chi connectivity index (χ3v) is 9.29. The van der Waals surface area contributed by atoms with Crippen LogP contribution in [0.4, 0.5) is 0 Å². The molecule has 0 unspecified atom stereocenters. The number of hydrogen-bond acceptors (Lipinski definition) is 0. The normalized spacial score (nSPS) is 12.1. The molecule has 0 bridgehead atoms. The summed E-state index contributed by atoms with van der Waals surface area (Å²) in [6.45, 7) is 0. The molecular weight excluding hydrogens is 516 g/mol. The van der Waals surface area contributed by atoms with Gasteiger partial charge < -0.3 is 0 Å². The summed E-state index contributed by atoms with van der Waals surface area (Å²) in [7, 11) is 0. The molecule has 0 heterocycles. The highest BCUT2D eigenvalue weighted by Crippen LogP contribution is 2.46. The molecule has 0 atom stereocenters. The molecule has 0 nitrogen and oxygen atoms in total. The predicted octanol–water partition coefficient (Wildman–Crippen LogP) is 11.7.